The molecule has 0 aliphatic carbocycles. The third-order valence-electron chi connectivity index (χ3n) is 4.27. The third-order valence-corrected chi connectivity index (χ3v) is 4.27. The van der Waals surface area contributed by atoms with Crippen molar-refractivity contribution in [3.8, 4) is 0 Å². The van der Waals surface area contributed by atoms with Crippen molar-refractivity contribution in [1.82, 2.24) is 20.1 Å². The second kappa shape index (κ2) is 8.60. The smallest absolute Gasteiger partial charge is 0.255 e. The van der Waals surface area contributed by atoms with Crippen molar-refractivity contribution in [2.45, 2.75) is 27.2 Å². The van der Waals surface area contributed by atoms with Crippen LogP contribution in [-0.2, 0) is 4.79 Å². The van der Waals surface area contributed by atoms with Gasteiger partial charge in [-0.25, -0.2) is 0 Å². The number of amides is 3. The van der Waals surface area contributed by atoms with Crippen molar-refractivity contribution in [3.63, 3.8) is 0 Å². The van der Waals surface area contributed by atoms with E-state index in [0.29, 0.717) is 49.8 Å². The Labute approximate surface area is 148 Å². The Bertz CT molecular complexity index is 637. The van der Waals surface area contributed by atoms with Crippen molar-refractivity contribution in [3.05, 3.63) is 29.6 Å². The number of nitrogens with zero attached hydrogens (tertiary/aromatic N) is 3. The van der Waals surface area contributed by atoms with Crippen LogP contribution in [-0.4, -0.2) is 65.2 Å². The van der Waals surface area contributed by atoms with Crippen LogP contribution >= 0.6 is 0 Å². The Balaban J connectivity index is 1.97. The van der Waals surface area contributed by atoms with Gasteiger partial charge in [0.1, 0.15) is 0 Å². The van der Waals surface area contributed by atoms with E-state index in [4.69, 9.17) is 0 Å². The zero-order chi connectivity index (χ0) is 18.4. The summed E-state index contributed by atoms with van der Waals surface area (Å²) < 4.78 is 0. The molecule has 0 saturated carbocycles. The number of nitrogens with one attached hydrogen (secondary N) is 1. The van der Waals surface area contributed by atoms with Gasteiger partial charge in [-0.05, 0) is 18.4 Å². The maximum Gasteiger partial charge on any atom is 0.255 e. The minimum Gasteiger partial charge on any atom is -0.352 e. The van der Waals surface area contributed by atoms with Crippen molar-refractivity contribution >= 4 is 17.7 Å². The fraction of sp³-hybridized carbons (Fsp3) is 0.556. The lowest BCUT2D eigenvalue weighted by molar-refractivity contribution is -0.130. The molecule has 3 amide bonds. The molecule has 1 aliphatic heterocycles. The summed E-state index contributed by atoms with van der Waals surface area (Å²) >= 11 is 0. The van der Waals surface area contributed by atoms with Gasteiger partial charge >= 0.3 is 0 Å². The van der Waals surface area contributed by atoms with Crippen LogP contribution in [0, 0.1) is 5.92 Å². The predicted molar refractivity (Wildman–Crippen MR) is 94.2 cm³/mol. The minimum absolute atomic E-state index is 0.0221. The molecule has 0 unspecified atom stereocenters. The molecule has 25 heavy (non-hydrogen) atoms. The van der Waals surface area contributed by atoms with Gasteiger partial charge in [0, 0.05) is 52.0 Å². The normalized spacial score (nSPS) is 14.6. The second-order valence-corrected chi connectivity index (χ2v) is 6.70. The summed E-state index contributed by atoms with van der Waals surface area (Å²) in [6.07, 6.45) is 3.85. The first-order valence-electron chi connectivity index (χ1n) is 8.66. The average molecular weight is 346 g/mol. The molecule has 0 bridgehead atoms. The number of piperazine rings is 1. The van der Waals surface area contributed by atoms with Crippen LogP contribution < -0.4 is 5.32 Å². The van der Waals surface area contributed by atoms with Crippen molar-refractivity contribution < 1.29 is 14.4 Å². The van der Waals surface area contributed by atoms with Crippen LogP contribution in [0.15, 0.2) is 18.5 Å². The summed E-state index contributed by atoms with van der Waals surface area (Å²) in [6.45, 7) is 8.36. The van der Waals surface area contributed by atoms with E-state index in [1.165, 1.54) is 19.3 Å². The SMILES string of the molecule is CC(=O)N1CCN(C(=O)c2cncc(C(=O)NCCC(C)C)c2)CC1. The molecule has 1 saturated heterocycles. The zero-order valence-corrected chi connectivity index (χ0v) is 15.1. The van der Waals surface area contributed by atoms with Gasteiger partial charge in [0.2, 0.25) is 5.91 Å². The molecule has 2 rings (SSSR count). The molecule has 1 aliphatic rings. The van der Waals surface area contributed by atoms with Crippen LogP contribution in [0.1, 0.15) is 47.9 Å². The highest BCUT2D eigenvalue weighted by Crippen LogP contribution is 2.10. The van der Waals surface area contributed by atoms with E-state index in [1.54, 1.807) is 15.9 Å². The average Bonchev–Trinajstić information content (AvgIpc) is 2.61. The third kappa shape index (κ3) is 5.27. The summed E-state index contributed by atoms with van der Waals surface area (Å²) in [7, 11) is 0. The molecule has 0 aromatic carbocycles. The van der Waals surface area contributed by atoms with Crippen molar-refractivity contribution in [2.75, 3.05) is 32.7 Å². The highest BCUT2D eigenvalue weighted by atomic mass is 16.2. The Morgan fingerprint density at radius 3 is 2.28 bits per heavy atom. The first kappa shape index (κ1) is 18.9. The first-order valence-corrected chi connectivity index (χ1v) is 8.66. The van der Waals surface area contributed by atoms with Crippen LogP contribution in [0.3, 0.4) is 0 Å². The minimum atomic E-state index is -0.218. The van der Waals surface area contributed by atoms with Gasteiger partial charge in [-0.1, -0.05) is 13.8 Å². The maximum absolute atomic E-state index is 12.6. The summed E-state index contributed by atoms with van der Waals surface area (Å²) in [6, 6.07) is 1.58. The number of rotatable bonds is 5. The lowest BCUT2D eigenvalue weighted by Crippen LogP contribution is -2.50. The highest BCUT2D eigenvalue weighted by molar-refractivity contribution is 5.99. The van der Waals surface area contributed by atoms with Crippen molar-refractivity contribution in [1.29, 1.82) is 0 Å². The largest absolute Gasteiger partial charge is 0.352 e. The molecule has 1 aromatic heterocycles. The molecule has 1 fully saturated rings. The molecule has 1 N–H and O–H groups in total. The van der Waals surface area contributed by atoms with Crippen LogP contribution in [0.5, 0.6) is 0 Å². The number of carbonyl (C=O) groups excluding carboxylic acids is 3. The lowest BCUT2D eigenvalue weighted by atomic mass is 10.1. The topological polar surface area (TPSA) is 82.6 Å². The molecule has 7 nitrogen and oxygen atoms in total. The van der Waals surface area contributed by atoms with Crippen LogP contribution in [0.25, 0.3) is 0 Å². The zero-order valence-electron chi connectivity index (χ0n) is 15.1. The van der Waals surface area contributed by atoms with E-state index < -0.39 is 0 Å². The molecular formula is C18H26N4O3. The summed E-state index contributed by atoms with van der Waals surface area (Å²) in [4.78, 5) is 43.6. The standard InChI is InChI=1S/C18H26N4O3/c1-13(2)4-5-20-17(24)15-10-16(12-19-11-15)18(25)22-8-6-21(7-9-22)14(3)23/h10-13H,4-9H2,1-3H3,(H,20,24). The molecule has 7 heteroatoms. The molecule has 1 aromatic rings. The molecule has 136 valence electrons. The van der Waals surface area contributed by atoms with E-state index in [2.05, 4.69) is 24.1 Å². The Kier molecular flexibility index (Phi) is 6.50. The Morgan fingerprint density at radius 2 is 1.68 bits per heavy atom. The van der Waals surface area contributed by atoms with Gasteiger partial charge in [-0.2, -0.15) is 0 Å². The van der Waals surface area contributed by atoms with E-state index in [1.807, 2.05) is 0 Å². The van der Waals surface area contributed by atoms with Gasteiger partial charge in [0.15, 0.2) is 0 Å². The molecule has 2 heterocycles. The summed E-state index contributed by atoms with van der Waals surface area (Å²) in [5.74, 6) is 0.158. The summed E-state index contributed by atoms with van der Waals surface area (Å²) in [5, 5.41) is 2.85. The number of carbonyl (C=O) groups is 3. The van der Waals surface area contributed by atoms with E-state index in [-0.39, 0.29) is 17.7 Å². The van der Waals surface area contributed by atoms with Crippen LogP contribution in [0.4, 0.5) is 0 Å². The quantitative estimate of drug-likeness (QED) is 0.867. The Hall–Kier alpha value is -2.44. The second-order valence-electron chi connectivity index (χ2n) is 6.70. The van der Waals surface area contributed by atoms with Crippen molar-refractivity contribution in [2.24, 2.45) is 5.92 Å². The van der Waals surface area contributed by atoms with Gasteiger partial charge in [0.25, 0.3) is 11.8 Å². The van der Waals surface area contributed by atoms with E-state index in [0.717, 1.165) is 6.42 Å². The molecular weight excluding hydrogens is 320 g/mol. The number of pyridine rings is 1. The highest BCUT2D eigenvalue weighted by Gasteiger charge is 2.24. The Morgan fingerprint density at radius 1 is 1.08 bits per heavy atom. The number of hydrogen-bond acceptors (Lipinski definition) is 4. The van der Waals surface area contributed by atoms with Gasteiger partial charge in [0.05, 0.1) is 11.1 Å². The van der Waals surface area contributed by atoms with Gasteiger partial charge in [-0.3, -0.25) is 19.4 Å². The van der Waals surface area contributed by atoms with Gasteiger partial charge in [-0.15, -0.1) is 0 Å². The molecule has 0 spiro atoms. The van der Waals surface area contributed by atoms with E-state index >= 15 is 0 Å². The lowest BCUT2D eigenvalue weighted by Gasteiger charge is -2.34. The van der Waals surface area contributed by atoms with E-state index in [9.17, 15) is 14.4 Å². The molecule has 0 radical (unpaired) electrons. The monoisotopic (exact) mass is 346 g/mol. The van der Waals surface area contributed by atoms with Crippen LogP contribution in [0.2, 0.25) is 0 Å². The fourth-order valence-electron chi connectivity index (χ4n) is 2.66. The number of aromatic nitrogens is 1. The fourth-order valence-corrected chi connectivity index (χ4v) is 2.66. The molecule has 0 atom stereocenters. The maximum atomic E-state index is 12.6. The first-order chi connectivity index (χ1) is 11.9. The number of hydrogen-bond donors (Lipinski definition) is 1. The summed E-state index contributed by atoms with van der Waals surface area (Å²) in [5.41, 5.74) is 0.782. The predicted octanol–water partition coefficient (Wildman–Crippen LogP) is 1.16. The van der Waals surface area contributed by atoms with Gasteiger partial charge < -0.3 is 15.1 Å².